The quantitative estimate of drug-likeness (QED) is 0.102. The summed E-state index contributed by atoms with van der Waals surface area (Å²) in [4.78, 5) is 13.5. The summed E-state index contributed by atoms with van der Waals surface area (Å²) in [6, 6.07) is 13.0. The van der Waals surface area contributed by atoms with Gasteiger partial charge in [-0.1, -0.05) is 23.7 Å². The van der Waals surface area contributed by atoms with Crippen LogP contribution < -0.4 is 20.4 Å². The van der Waals surface area contributed by atoms with Crippen LogP contribution in [-0.4, -0.2) is 108 Å². The first-order valence-electron chi connectivity index (χ1n) is 21.9. The van der Waals surface area contributed by atoms with Gasteiger partial charge in [0.2, 0.25) is 5.95 Å². The molecule has 2 atom stereocenters. The van der Waals surface area contributed by atoms with E-state index in [1.165, 1.54) is 4.68 Å². The van der Waals surface area contributed by atoms with E-state index in [1.54, 1.807) is 60.8 Å². The SMILES string of the molecule is CN(c1cnc(-c2ccc(-c3cnn(CCC4(C)CC(N(C)c5ncc(-c6ccc(-c7cnn(C)c7C#N)cc6O)nn5)CC(C)(C)N4)c3Cl)cc2O)nn1)C1CC(C)(C)NC(C)(C)C1. The van der Waals surface area contributed by atoms with Crippen LogP contribution in [0.25, 0.3) is 44.9 Å². The Morgan fingerprint density at radius 3 is 1.94 bits per heavy atom. The summed E-state index contributed by atoms with van der Waals surface area (Å²) in [5.41, 5.74) is 3.98. The van der Waals surface area contributed by atoms with Crippen molar-refractivity contribution in [2.24, 2.45) is 7.05 Å². The molecular weight excluding hydrogens is 842 g/mol. The third kappa shape index (κ3) is 9.47. The molecule has 2 aromatic carbocycles. The zero-order chi connectivity index (χ0) is 46.6. The van der Waals surface area contributed by atoms with Gasteiger partial charge >= 0.3 is 0 Å². The lowest BCUT2D eigenvalue weighted by atomic mass is 9.76. The lowest BCUT2D eigenvalue weighted by Gasteiger charge is -2.50. The summed E-state index contributed by atoms with van der Waals surface area (Å²) in [5, 5.41) is 66.5. The Balaban J connectivity index is 0.911. The van der Waals surface area contributed by atoms with Gasteiger partial charge in [0.1, 0.15) is 34.1 Å². The van der Waals surface area contributed by atoms with Crippen molar-refractivity contribution in [3.63, 3.8) is 0 Å². The molecule has 6 aromatic rings. The lowest BCUT2D eigenvalue weighted by molar-refractivity contribution is 0.132. The van der Waals surface area contributed by atoms with Gasteiger partial charge in [-0.05, 0) is 116 Å². The summed E-state index contributed by atoms with van der Waals surface area (Å²) in [6.07, 6.45) is 11.0. The largest absolute Gasteiger partial charge is 0.507 e. The van der Waals surface area contributed by atoms with Gasteiger partial charge in [-0.15, -0.1) is 20.4 Å². The van der Waals surface area contributed by atoms with E-state index in [2.05, 4.69) is 116 Å². The third-order valence-corrected chi connectivity index (χ3v) is 13.3. The van der Waals surface area contributed by atoms with Gasteiger partial charge in [0, 0.05) is 78.6 Å². The van der Waals surface area contributed by atoms with Crippen molar-refractivity contribution in [3.05, 3.63) is 72.0 Å². The van der Waals surface area contributed by atoms with Crippen LogP contribution in [0.4, 0.5) is 11.8 Å². The molecule has 2 aliphatic rings. The number of hydrogen-bond acceptors (Lipinski definition) is 15. The van der Waals surface area contributed by atoms with Gasteiger partial charge in [-0.3, -0.25) is 9.36 Å². The predicted octanol–water partition coefficient (Wildman–Crippen LogP) is 7.15. The van der Waals surface area contributed by atoms with Gasteiger partial charge in [-0.2, -0.15) is 15.5 Å². The van der Waals surface area contributed by atoms with Gasteiger partial charge in [-0.25, -0.2) is 9.97 Å². The first-order valence-corrected chi connectivity index (χ1v) is 22.3. The van der Waals surface area contributed by atoms with Crippen molar-refractivity contribution in [3.8, 4) is 62.5 Å². The standard InChI is InChI=1S/C47H58ClN15O2/c1-44(2)19-30(20-45(3,4)58-44)60(8)40-27-50-42(56-55-40)33-14-12-29(18-39(33)65)35-25-53-63(41(35)48)16-15-47(7)22-31(21-46(5,6)59-47)61(9)43-51-26-36(54-57-43)32-13-11-28(17-38(32)64)34-24-52-62(10)37(34)23-49/h11-14,17-18,24-27,30-31,58-59,64-65H,15-16,19-22H2,1-10H3. The summed E-state index contributed by atoms with van der Waals surface area (Å²) >= 11 is 7.00. The zero-order valence-corrected chi connectivity index (χ0v) is 39.5. The van der Waals surface area contributed by atoms with Crippen LogP contribution >= 0.6 is 11.6 Å². The Bertz CT molecular complexity index is 2730. The molecule has 4 aromatic heterocycles. The molecule has 18 heteroatoms. The number of benzene rings is 2. The highest BCUT2D eigenvalue weighted by Crippen LogP contribution is 2.39. The number of anilines is 2. The Morgan fingerprint density at radius 1 is 0.723 bits per heavy atom. The van der Waals surface area contributed by atoms with Crippen LogP contribution in [0, 0.1) is 11.3 Å². The maximum absolute atomic E-state index is 11.2. The second-order valence-corrected chi connectivity index (χ2v) is 20.4. The Kier molecular flexibility index (Phi) is 11.8. The highest BCUT2D eigenvalue weighted by atomic mass is 35.5. The number of aryl methyl sites for hydroxylation is 2. The Morgan fingerprint density at radius 2 is 1.34 bits per heavy atom. The molecule has 2 saturated heterocycles. The summed E-state index contributed by atoms with van der Waals surface area (Å²) in [7, 11) is 5.73. The van der Waals surface area contributed by atoms with Crippen molar-refractivity contribution in [2.45, 2.75) is 121 Å². The van der Waals surface area contributed by atoms with Gasteiger partial charge in [0.15, 0.2) is 11.6 Å². The van der Waals surface area contributed by atoms with Crippen LogP contribution in [-0.2, 0) is 13.6 Å². The molecule has 8 rings (SSSR count). The molecule has 2 fully saturated rings. The average Bonchev–Trinajstić information content (AvgIpc) is 3.81. The van der Waals surface area contributed by atoms with Crippen molar-refractivity contribution >= 4 is 23.4 Å². The van der Waals surface area contributed by atoms with Crippen LogP contribution in [0.2, 0.25) is 5.15 Å². The van der Waals surface area contributed by atoms with E-state index in [9.17, 15) is 15.5 Å². The number of hydrogen-bond donors (Lipinski definition) is 4. The molecule has 65 heavy (non-hydrogen) atoms. The van der Waals surface area contributed by atoms with Gasteiger partial charge in [0.25, 0.3) is 0 Å². The Labute approximate surface area is 384 Å². The number of piperidine rings is 2. The number of halogens is 1. The van der Waals surface area contributed by atoms with Crippen LogP contribution in [0.3, 0.4) is 0 Å². The second-order valence-electron chi connectivity index (χ2n) is 20.0. The smallest absolute Gasteiger partial charge is 0.245 e. The number of aromatic hydroxyl groups is 2. The predicted molar refractivity (Wildman–Crippen MR) is 251 cm³/mol. The van der Waals surface area contributed by atoms with Crippen molar-refractivity contribution < 1.29 is 10.2 Å². The molecular formula is C47H58ClN15O2. The zero-order valence-electron chi connectivity index (χ0n) is 38.8. The van der Waals surface area contributed by atoms with Crippen LogP contribution in [0.1, 0.15) is 86.3 Å². The maximum Gasteiger partial charge on any atom is 0.245 e. The lowest BCUT2D eigenvalue weighted by Crippen LogP contribution is -2.63. The van der Waals surface area contributed by atoms with E-state index >= 15 is 0 Å². The molecule has 17 nitrogen and oxygen atoms in total. The van der Waals surface area contributed by atoms with Crippen LogP contribution in [0.5, 0.6) is 11.5 Å². The monoisotopic (exact) mass is 899 g/mol. The molecule has 6 heterocycles. The number of nitriles is 1. The molecule has 2 unspecified atom stereocenters. The topological polar surface area (TPSA) is 208 Å². The molecule has 0 saturated carbocycles. The normalized spacial score (nSPS) is 20.3. The Hall–Kier alpha value is -6.22. The molecule has 0 amide bonds. The van der Waals surface area contributed by atoms with Gasteiger partial charge in [0.05, 0.1) is 30.4 Å². The average molecular weight is 901 g/mol. The van der Waals surface area contributed by atoms with Crippen molar-refractivity contribution in [1.29, 1.82) is 5.26 Å². The molecule has 0 aliphatic carbocycles. The molecule has 0 radical (unpaired) electrons. The number of phenols is 2. The van der Waals surface area contributed by atoms with Crippen molar-refractivity contribution in [2.75, 3.05) is 23.9 Å². The number of aromatic nitrogens is 10. The summed E-state index contributed by atoms with van der Waals surface area (Å²) < 4.78 is 3.30. The van der Waals surface area contributed by atoms with Crippen molar-refractivity contribution in [1.82, 2.24) is 60.6 Å². The molecule has 340 valence electrons. The third-order valence-electron chi connectivity index (χ3n) is 12.9. The highest BCUT2D eigenvalue weighted by molar-refractivity contribution is 6.32. The number of nitrogens with one attached hydrogen (secondary N) is 2. The fourth-order valence-electron chi connectivity index (χ4n) is 10.2. The van der Waals surface area contributed by atoms with E-state index in [0.717, 1.165) is 37.7 Å². The fraction of sp³-hybridized carbons (Fsp3) is 0.468. The van der Waals surface area contributed by atoms with E-state index < -0.39 is 0 Å². The van der Waals surface area contributed by atoms with E-state index in [0.29, 0.717) is 68.5 Å². The number of rotatable bonds is 11. The number of nitrogens with zero attached hydrogens (tertiary/aromatic N) is 13. The molecule has 4 N–H and O–H groups in total. The highest BCUT2D eigenvalue weighted by Gasteiger charge is 2.43. The minimum absolute atomic E-state index is 0.00135. The minimum Gasteiger partial charge on any atom is -0.507 e. The van der Waals surface area contributed by atoms with E-state index in [1.807, 2.05) is 26.2 Å². The van der Waals surface area contributed by atoms with E-state index in [4.69, 9.17) is 11.6 Å². The first kappa shape index (κ1) is 45.4. The van der Waals surface area contributed by atoms with Crippen LogP contribution in [0.15, 0.2) is 61.2 Å². The first-order chi connectivity index (χ1) is 30.6. The summed E-state index contributed by atoms with van der Waals surface area (Å²) in [6.45, 7) is 16.1. The van der Waals surface area contributed by atoms with E-state index in [-0.39, 0.29) is 45.7 Å². The minimum atomic E-state index is -0.296. The summed E-state index contributed by atoms with van der Waals surface area (Å²) in [5.74, 6) is 1.51. The molecule has 2 aliphatic heterocycles. The molecule has 0 bridgehead atoms. The number of phenolic OH excluding ortho intramolecular Hbond substituents is 2. The second kappa shape index (κ2) is 17.0. The molecule has 0 spiro atoms. The maximum atomic E-state index is 11.2. The fourth-order valence-corrected chi connectivity index (χ4v) is 10.5. The van der Waals surface area contributed by atoms with Gasteiger partial charge < -0.3 is 30.6 Å².